The molecule has 21 heavy (non-hydrogen) atoms. The second-order valence-corrected chi connectivity index (χ2v) is 5.68. The third-order valence-electron chi connectivity index (χ3n) is 4.17. The summed E-state index contributed by atoms with van der Waals surface area (Å²) in [5.41, 5.74) is 6.43. The van der Waals surface area contributed by atoms with Crippen molar-refractivity contribution in [3.63, 3.8) is 0 Å². The molecule has 1 aromatic carbocycles. The average Bonchev–Trinajstić information content (AvgIpc) is 2.43. The lowest BCUT2D eigenvalue weighted by molar-refractivity contribution is -0.118. The number of carbonyl (C=O) groups excluding carboxylic acids is 2. The van der Waals surface area contributed by atoms with Gasteiger partial charge >= 0.3 is 6.03 Å². The van der Waals surface area contributed by atoms with Gasteiger partial charge in [-0.2, -0.15) is 0 Å². The second-order valence-electron chi connectivity index (χ2n) is 5.68. The lowest BCUT2D eigenvalue weighted by Crippen LogP contribution is -2.48. The van der Waals surface area contributed by atoms with E-state index < -0.39 is 0 Å². The molecular weight excluding hydrogens is 266 g/mol. The van der Waals surface area contributed by atoms with Crippen LogP contribution in [0.3, 0.4) is 0 Å². The van der Waals surface area contributed by atoms with Gasteiger partial charge < -0.3 is 16.4 Å². The highest BCUT2D eigenvalue weighted by Crippen LogP contribution is 2.43. The number of rotatable bonds is 7. The van der Waals surface area contributed by atoms with Crippen LogP contribution in [-0.4, -0.2) is 25.0 Å². The quantitative estimate of drug-likeness (QED) is 0.667. The number of primary amides is 1. The molecule has 1 aromatic rings. The van der Waals surface area contributed by atoms with Crippen molar-refractivity contribution < 1.29 is 9.59 Å². The Balaban J connectivity index is 1.76. The zero-order valence-corrected chi connectivity index (χ0v) is 12.2. The standard InChI is InChI=1S/C16H23N3O2/c17-14(20)8-4-11-18-15(21)19-12-16(9-5-10-16)13-6-2-1-3-7-13/h1-3,6-7H,4-5,8-12H2,(H2,17,20)(H2,18,19,21). The predicted molar refractivity (Wildman–Crippen MR) is 81.8 cm³/mol. The van der Waals surface area contributed by atoms with Crippen LogP contribution in [0.2, 0.25) is 0 Å². The monoisotopic (exact) mass is 289 g/mol. The van der Waals surface area contributed by atoms with Gasteiger partial charge in [0.2, 0.25) is 5.91 Å². The molecular formula is C16H23N3O2. The molecule has 0 heterocycles. The Morgan fingerprint density at radius 1 is 1.14 bits per heavy atom. The molecule has 0 atom stereocenters. The Morgan fingerprint density at radius 2 is 1.86 bits per heavy atom. The zero-order valence-electron chi connectivity index (χ0n) is 12.2. The van der Waals surface area contributed by atoms with E-state index in [1.54, 1.807) is 0 Å². The number of nitrogens with two attached hydrogens (primary N) is 1. The van der Waals surface area contributed by atoms with E-state index in [1.165, 1.54) is 12.0 Å². The van der Waals surface area contributed by atoms with Gasteiger partial charge in [0.15, 0.2) is 0 Å². The molecule has 0 bridgehead atoms. The highest BCUT2D eigenvalue weighted by atomic mass is 16.2. The molecule has 0 saturated heterocycles. The van der Waals surface area contributed by atoms with Crippen molar-refractivity contribution in [2.45, 2.75) is 37.5 Å². The summed E-state index contributed by atoms with van der Waals surface area (Å²) in [5, 5.41) is 5.70. The van der Waals surface area contributed by atoms with Gasteiger partial charge in [-0.1, -0.05) is 36.8 Å². The molecule has 0 unspecified atom stereocenters. The molecule has 1 aliphatic carbocycles. The number of urea groups is 1. The Kier molecular flexibility index (Phi) is 5.20. The van der Waals surface area contributed by atoms with E-state index in [9.17, 15) is 9.59 Å². The molecule has 1 fully saturated rings. The maximum atomic E-state index is 11.8. The summed E-state index contributed by atoms with van der Waals surface area (Å²) in [5.74, 6) is -0.338. The van der Waals surface area contributed by atoms with E-state index in [0.717, 1.165) is 12.8 Å². The van der Waals surface area contributed by atoms with Crippen molar-refractivity contribution in [1.82, 2.24) is 10.6 Å². The Bertz CT molecular complexity index is 484. The molecule has 4 N–H and O–H groups in total. The number of hydrogen-bond acceptors (Lipinski definition) is 2. The third-order valence-corrected chi connectivity index (χ3v) is 4.17. The first-order valence-electron chi connectivity index (χ1n) is 7.48. The summed E-state index contributed by atoms with van der Waals surface area (Å²) in [6.07, 6.45) is 4.30. The van der Waals surface area contributed by atoms with Crippen molar-refractivity contribution >= 4 is 11.9 Å². The summed E-state index contributed by atoms with van der Waals surface area (Å²) >= 11 is 0. The maximum absolute atomic E-state index is 11.8. The molecule has 2 rings (SSSR count). The summed E-state index contributed by atoms with van der Waals surface area (Å²) in [7, 11) is 0. The number of hydrogen-bond donors (Lipinski definition) is 3. The van der Waals surface area contributed by atoms with Gasteiger partial charge in [0, 0.05) is 24.9 Å². The minimum absolute atomic E-state index is 0.0891. The van der Waals surface area contributed by atoms with Gasteiger partial charge in [0.05, 0.1) is 0 Å². The summed E-state index contributed by atoms with van der Waals surface area (Å²) in [6, 6.07) is 10.2. The Labute approximate surface area is 125 Å². The fraction of sp³-hybridized carbons (Fsp3) is 0.500. The Morgan fingerprint density at radius 3 is 2.43 bits per heavy atom. The molecule has 0 aromatic heterocycles. The summed E-state index contributed by atoms with van der Waals surface area (Å²) in [4.78, 5) is 22.4. The number of carbonyl (C=O) groups is 2. The van der Waals surface area contributed by atoms with Crippen LogP contribution in [0, 0.1) is 0 Å². The lowest BCUT2D eigenvalue weighted by atomic mass is 9.64. The number of amides is 3. The smallest absolute Gasteiger partial charge is 0.314 e. The predicted octanol–water partition coefficient (Wildman–Crippen LogP) is 1.67. The summed E-state index contributed by atoms with van der Waals surface area (Å²) in [6.45, 7) is 1.12. The summed E-state index contributed by atoms with van der Waals surface area (Å²) < 4.78 is 0. The van der Waals surface area contributed by atoms with E-state index in [2.05, 4.69) is 22.8 Å². The normalized spacial score (nSPS) is 15.8. The average molecular weight is 289 g/mol. The van der Waals surface area contributed by atoms with Crippen LogP contribution in [0.15, 0.2) is 30.3 Å². The maximum Gasteiger partial charge on any atom is 0.314 e. The Hall–Kier alpha value is -2.04. The molecule has 1 aliphatic rings. The largest absolute Gasteiger partial charge is 0.370 e. The first-order chi connectivity index (χ1) is 10.1. The SMILES string of the molecule is NC(=O)CCCNC(=O)NCC1(c2ccccc2)CCC1. The van der Waals surface area contributed by atoms with Gasteiger partial charge in [0.1, 0.15) is 0 Å². The molecule has 0 radical (unpaired) electrons. The molecule has 114 valence electrons. The third kappa shape index (κ3) is 4.21. The fourth-order valence-corrected chi connectivity index (χ4v) is 2.74. The fourth-order valence-electron chi connectivity index (χ4n) is 2.74. The van der Waals surface area contributed by atoms with Gasteiger partial charge in [-0.05, 0) is 24.8 Å². The minimum atomic E-state index is -0.338. The van der Waals surface area contributed by atoms with E-state index in [4.69, 9.17) is 5.73 Å². The highest BCUT2D eigenvalue weighted by molar-refractivity contribution is 5.75. The van der Waals surface area contributed by atoms with Gasteiger partial charge in [-0.15, -0.1) is 0 Å². The van der Waals surface area contributed by atoms with Gasteiger partial charge in [-0.3, -0.25) is 4.79 Å². The van der Waals surface area contributed by atoms with Gasteiger partial charge in [-0.25, -0.2) is 4.79 Å². The van der Waals surface area contributed by atoms with Crippen LogP contribution in [0.25, 0.3) is 0 Å². The van der Waals surface area contributed by atoms with Crippen molar-refractivity contribution in [2.24, 2.45) is 5.73 Å². The molecule has 5 heteroatoms. The van der Waals surface area contributed by atoms with Crippen LogP contribution >= 0.6 is 0 Å². The van der Waals surface area contributed by atoms with Crippen LogP contribution in [0.1, 0.15) is 37.7 Å². The molecule has 3 amide bonds. The van der Waals surface area contributed by atoms with E-state index >= 15 is 0 Å². The zero-order chi connectivity index (χ0) is 15.1. The first kappa shape index (κ1) is 15.4. The van der Waals surface area contributed by atoms with Crippen molar-refractivity contribution in [3.8, 4) is 0 Å². The molecule has 0 aliphatic heterocycles. The van der Waals surface area contributed by atoms with Gasteiger partial charge in [0.25, 0.3) is 0 Å². The molecule has 1 saturated carbocycles. The first-order valence-corrected chi connectivity index (χ1v) is 7.48. The van der Waals surface area contributed by atoms with Crippen LogP contribution in [0.4, 0.5) is 4.79 Å². The molecule has 5 nitrogen and oxygen atoms in total. The lowest BCUT2D eigenvalue weighted by Gasteiger charge is -2.42. The van der Waals surface area contributed by atoms with Crippen LogP contribution in [0.5, 0.6) is 0 Å². The van der Waals surface area contributed by atoms with Crippen molar-refractivity contribution in [3.05, 3.63) is 35.9 Å². The van der Waals surface area contributed by atoms with Crippen molar-refractivity contribution in [2.75, 3.05) is 13.1 Å². The van der Waals surface area contributed by atoms with E-state index in [1.807, 2.05) is 18.2 Å². The molecule has 0 spiro atoms. The number of benzene rings is 1. The van der Waals surface area contributed by atoms with E-state index in [0.29, 0.717) is 25.9 Å². The number of nitrogens with one attached hydrogen (secondary N) is 2. The topological polar surface area (TPSA) is 84.2 Å². The van der Waals surface area contributed by atoms with E-state index in [-0.39, 0.29) is 17.4 Å². The van der Waals surface area contributed by atoms with Crippen molar-refractivity contribution in [1.29, 1.82) is 0 Å². The second kappa shape index (κ2) is 7.11. The minimum Gasteiger partial charge on any atom is -0.370 e. The van der Waals surface area contributed by atoms with Crippen LogP contribution < -0.4 is 16.4 Å². The van der Waals surface area contributed by atoms with Crippen LogP contribution in [-0.2, 0) is 10.2 Å². The highest BCUT2D eigenvalue weighted by Gasteiger charge is 2.38.